The molecule has 1 unspecified atom stereocenters. The van der Waals surface area contributed by atoms with Crippen molar-refractivity contribution in [3.05, 3.63) is 12.2 Å². The van der Waals surface area contributed by atoms with E-state index in [-0.39, 0.29) is 30.2 Å². The fourth-order valence-corrected chi connectivity index (χ4v) is 5.63. The third-order valence-corrected chi connectivity index (χ3v) is 7.50. The second kappa shape index (κ2) is 12.2. The lowest BCUT2D eigenvalue weighted by Gasteiger charge is -2.38. The van der Waals surface area contributed by atoms with Gasteiger partial charge in [-0.2, -0.15) is 0 Å². The zero-order valence-electron chi connectivity index (χ0n) is 20.1. The summed E-state index contributed by atoms with van der Waals surface area (Å²) >= 11 is 0. The van der Waals surface area contributed by atoms with Gasteiger partial charge in [-0.15, -0.1) is 0 Å². The van der Waals surface area contributed by atoms with Gasteiger partial charge in [-0.05, 0) is 69.8 Å². The molecule has 4 rings (SSSR count). The largest absolute Gasteiger partial charge is 0.391 e. The number of carbonyl (C=O) groups excluding carboxylic acids is 1. The van der Waals surface area contributed by atoms with Gasteiger partial charge in [0.25, 0.3) is 0 Å². The van der Waals surface area contributed by atoms with Gasteiger partial charge in [-0.25, -0.2) is 0 Å². The lowest BCUT2D eigenvalue weighted by molar-refractivity contribution is -0.183. The Kier molecular flexibility index (Phi) is 9.36. The van der Waals surface area contributed by atoms with E-state index >= 15 is 0 Å². The summed E-state index contributed by atoms with van der Waals surface area (Å²) in [6.45, 7) is 8.42. The van der Waals surface area contributed by atoms with Crippen molar-refractivity contribution < 1.29 is 33.6 Å². The molecule has 7 heteroatoms. The molecule has 0 bridgehead atoms. The van der Waals surface area contributed by atoms with Gasteiger partial charge in [0, 0.05) is 26.1 Å². The molecule has 0 amide bonds. The van der Waals surface area contributed by atoms with Crippen LogP contribution in [-0.2, 0) is 28.5 Å². The van der Waals surface area contributed by atoms with Gasteiger partial charge in [0.15, 0.2) is 0 Å². The molecule has 4 heterocycles. The zero-order chi connectivity index (χ0) is 23.2. The molecule has 0 radical (unpaired) electrons. The van der Waals surface area contributed by atoms with E-state index in [2.05, 4.69) is 6.58 Å². The van der Waals surface area contributed by atoms with E-state index in [9.17, 15) is 9.90 Å². The number of carbonyl (C=O) groups is 1. The summed E-state index contributed by atoms with van der Waals surface area (Å²) in [4.78, 5) is 12.5. The molecule has 0 spiro atoms. The van der Waals surface area contributed by atoms with Crippen LogP contribution in [0.1, 0.15) is 71.1 Å². The highest BCUT2D eigenvalue weighted by Crippen LogP contribution is 2.31. The van der Waals surface area contributed by atoms with Crippen LogP contribution >= 0.6 is 0 Å². The van der Waals surface area contributed by atoms with E-state index in [0.717, 1.165) is 58.0 Å². The summed E-state index contributed by atoms with van der Waals surface area (Å²) in [6.07, 6.45) is 7.90. The Morgan fingerprint density at radius 1 is 1.06 bits per heavy atom. The average Bonchev–Trinajstić information content (AvgIpc) is 3.54. The smallest absolute Gasteiger partial charge is 0.135 e. The number of aliphatic hydroxyl groups excluding tert-OH is 1. The van der Waals surface area contributed by atoms with Crippen molar-refractivity contribution in [3.63, 3.8) is 0 Å². The lowest BCUT2D eigenvalue weighted by Crippen LogP contribution is -2.47. The van der Waals surface area contributed by atoms with Crippen molar-refractivity contribution in [2.45, 2.75) is 114 Å². The third-order valence-electron chi connectivity index (χ3n) is 7.50. The van der Waals surface area contributed by atoms with Gasteiger partial charge in [-0.3, -0.25) is 4.79 Å². The van der Waals surface area contributed by atoms with E-state index < -0.39 is 12.2 Å². The molecule has 0 aliphatic carbocycles. The Labute approximate surface area is 198 Å². The molecule has 4 aliphatic rings. The van der Waals surface area contributed by atoms with Crippen molar-refractivity contribution in [2.24, 2.45) is 5.92 Å². The highest BCUT2D eigenvalue weighted by Gasteiger charge is 2.37. The predicted molar refractivity (Wildman–Crippen MR) is 123 cm³/mol. The van der Waals surface area contributed by atoms with Gasteiger partial charge < -0.3 is 28.8 Å². The summed E-state index contributed by atoms with van der Waals surface area (Å²) in [5.74, 6) is 0.585. The second-order valence-electron chi connectivity index (χ2n) is 10.5. The van der Waals surface area contributed by atoms with Gasteiger partial charge in [0.05, 0.1) is 49.8 Å². The molecule has 4 aliphatic heterocycles. The maximum atomic E-state index is 12.5. The van der Waals surface area contributed by atoms with Crippen LogP contribution in [0.15, 0.2) is 12.2 Å². The van der Waals surface area contributed by atoms with Crippen LogP contribution in [0.4, 0.5) is 0 Å². The van der Waals surface area contributed by atoms with Crippen LogP contribution in [0.25, 0.3) is 0 Å². The Balaban J connectivity index is 1.15. The van der Waals surface area contributed by atoms with E-state index in [1.807, 2.05) is 0 Å². The van der Waals surface area contributed by atoms with E-state index in [1.165, 1.54) is 5.57 Å². The molecule has 188 valence electrons. The van der Waals surface area contributed by atoms with E-state index in [4.69, 9.17) is 23.7 Å². The Morgan fingerprint density at radius 3 is 2.58 bits per heavy atom. The zero-order valence-corrected chi connectivity index (χ0v) is 20.1. The molecule has 0 aromatic heterocycles. The van der Waals surface area contributed by atoms with Crippen LogP contribution in [-0.4, -0.2) is 80.0 Å². The number of rotatable bonds is 11. The average molecular weight is 467 g/mol. The number of ketones is 1. The first kappa shape index (κ1) is 25.3. The van der Waals surface area contributed by atoms with Crippen LogP contribution in [0.3, 0.4) is 0 Å². The summed E-state index contributed by atoms with van der Waals surface area (Å²) in [5, 5.41) is 10.3. The minimum absolute atomic E-state index is 0.0945. The fraction of sp³-hybridized carbons (Fsp3) is 0.885. The van der Waals surface area contributed by atoms with E-state index in [1.54, 1.807) is 6.92 Å². The molecule has 1 N–H and O–H groups in total. The minimum atomic E-state index is -0.644. The highest BCUT2D eigenvalue weighted by molar-refractivity contribution is 5.79. The van der Waals surface area contributed by atoms with Gasteiger partial charge in [0.1, 0.15) is 11.9 Å². The van der Waals surface area contributed by atoms with Gasteiger partial charge in [0.2, 0.25) is 0 Å². The maximum Gasteiger partial charge on any atom is 0.135 e. The first-order chi connectivity index (χ1) is 16.0. The molecule has 0 aromatic carbocycles. The standard InChI is InChI=1S/C26H42O7/c1-17-11-22(30-14-17)5-3-21-4-6-24(32-21)16-31-25-8-7-23(33-26(25)18(2)27)13-20(28)12-19-9-10-29-15-19/h18-19,21-27H,1,3-16H2,2H3/t18-,19+,21-,22+,23-,24+,25+,26?/m1/s1. The molecular weight excluding hydrogens is 424 g/mol. The predicted octanol–water partition coefficient (Wildman–Crippen LogP) is 3.36. The van der Waals surface area contributed by atoms with Gasteiger partial charge >= 0.3 is 0 Å². The third kappa shape index (κ3) is 7.58. The Morgan fingerprint density at radius 2 is 1.85 bits per heavy atom. The molecule has 33 heavy (non-hydrogen) atoms. The van der Waals surface area contributed by atoms with Crippen LogP contribution in [0.5, 0.6) is 0 Å². The Hall–Kier alpha value is -0.830. The van der Waals surface area contributed by atoms with Crippen molar-refractivity contribution in [3.8, 4) is 0 Å². The van der Waals surface area contributed by atoms with Crippen LogP contribution < -0.4 is 0 Å². The lowest BCUT2D eigenvalue weighted by atomic mass is 9.93. The molecule has 4 fully saturated rings. The molecule has 0 aromatic rings. The molecule has 7 nitrogen and oxygen atoms in total. The molecule has 8 atom stereocenters. The second-order valence-corrected chi connectivity index (χ2v) is 10.5. The van der Waals surface area contributed by atoms with Crippen molar-refractivity contribution >= 4 is 5.78 Å². The number of aliphatic hydroxyl groups is 1. The minimum Gasteiger partial charge on any atom is -0.391 e. The molecule has 0 saturated carbocycles. The quantitative estimate of drug-likeness (QED) is 0.468. The monoisotopic (exact) mass is 466 g/mol. The maximum absolute atomic E-state index is 12.5. The van der Waals surface area contributed by atoms with E-state index in [0.29, 0.717) is 44.7 Å². The highest BCUT2D eigenvalue weighted by atomic mass is 16.6. The number of Topliss-reactive ketones (excluding diaryl/α,β-unsaturated/α-hetero) is 1. The van der Waals surface area contributed by atoms with Crippen LogP contribution in [0.2, 0.25) is 0 Å². The van der Waals surface area contributed by atoms with Gasteiger partial charge in [-0.1, -0.05) is 6.58 Å². The summed E-state index contributed by atoms with van der Waals surface area (Å²) in [6, 6.07) is 0. The number of ether oxygens (including phenoxy) is 5. The SMILES string of the molecule is C=C1CO[C@@H](CC[C@@H]2CC[C@@H](CO[C@H]3CC[C@H](CC(=O)C[C@@H]4CCOC4)OC3[C@@H](C)O)O2)C1. The summed E-state index contributed by atoms with van der Waals surface area (Å²) < 4.78 is 29.7. The summed E-state index contributed by atoms with van der Waals surface area (Å²) in [5.41, 5.74) is 1.19. The number of hydrogen-bond donors (Lipinski definition) is 1. The summed E-state index contributed by atoms with van der Waals surface area (Å²) in [7, 11) is 0. The fourth-order valence-electron chi connectivity index (χ4n) is 5.63. The molecule has 4 saturated heterocycles. The van der Waals surface area contributed by atoms with Crippen molar-refractivity contribution in [1.82, 2.24) is 0 Å². The number of hydrogen-bond acceptors (Lipinski definition) is 7. The topological polar surface area (TPSA) is 83.5 Å². The van der Waals surface area contributed by atoms with Crippen molar-refractivity contribution in [2.75, 3.05) is 26.4 Å². The van der Waals surface area contributed by atoms with Crippen molar-refractivity contribution in [1.29, 1.82) is 0 Å². The molecular formula is C26H42O7. The Bertz CT molecular complexity index is 645. The first-order valence-electron chi connectivity index (χ1n) is 12.9. The van der Waals surface area contributed by atoms with Crippen LogP contribution in [0, 0.1) is 5.92 Å². The first-order valence-corrected chi connectivity index (χ1v) is 12.9. The normalized spacial score (nSPS) is 38.1.